The van der Waals surface area contributed by atoms with Crippen LogP contribution in [0.15, 0.2) is 0 Å². The zero-order valence-electron chi connectivity index (χ0n) is 10.6. The van der Waals surface area contributed by atoms with Gasteiger partial charge in [0.1, 0.15) is 5.78 Å². The van der Waals surface area contributed by atoms with Crippen LogP contribution in [0.25, 0.3) is 0 Å². The summed E-state index contributed by atoms with van der Waals surface area (Å²) < 4.78 is 0. The number of Topliss-reactive ketones (excluding diaryl/α,β-unsaturated/α-hetero) is 1. The molecule has 0 spiro atoms. The summed E-state index contributed by atoms with van der Waals surface area (Å²) in [6.45, 7) is 2.15. The third kappa shape index (κ3) is 7.86. The van der Waals surface area contributed by atoms with Gasteiger partial charge in [0.2, 0.25) is 0 Å². The molecule has 2 nitrogen and oxygen atoms in total. The predicted octanol–water partition coefficient (Wildman–Crippen LogP) is 3.45. The fourth-order valence-corrected chi connectivity index (χ4v) is 2.29. The molecule has 0 atom stereocenters. The summed E-state index contributed by atoms with van der Waals surface area (Å²) >= 11 is 0. The van der Waals surface area contributed by atoms with E-state index in [1.54, 1.807) is 0 Å². The zero-order chi connectivity index (χ0) is 11.5. The molecule has 0 aliphatic carbocycles. The zero-order valence-corrected chi connectivity index (χ0v) is 10.6. The quantitative estimate of drug-likeness (QED) is 0.684. The van der Waals surface area contributed by atoms with Crippen molar-refractivity contribution in [3.05, 3.63) is 0 Å². The largest absolute Gasteiger partial charge is 0.317 e. The van der Waals surface area contributed by atoms with Gasteiger partial charge in [0.25, 0.3) is 0 Å². The highest BCUT2D eigenvalue weighted by Crippen LogP contribution is 2.11. The second-order valence-corrected chi connectivity index (χ2v) is 4.97. The summed E-state index contributed by atoms with van der Waals surface area (Å²) in [5.74, 6) is 0.469. The lowest BCUT2D eigenvalue weighted by Gasteiger charge is -2.03. The monoisotopic (exact) mass is 225 g/mol. The van der Waals surface area contributed by atoms with Gasteiger partial charge >= 0.3 is 0 Å². The molecule has 1 aliphatic rings. The van der Waals surface area contributed by atoms with Crippen molar-refractivity contribution in [2.24, 2.45) is 0 Å². The van der Waals surface area contributed by atoms with E-state index in [0.717, 1.165) is 38.8 Å². The van der Waals surface area contributed by atoms with Gasteiger partial charge in [-0.15, -0.1) is 0 Å². The molecule has 1 aliphatic heterocycles. The van der Waals surface area contributed by atoms with Crippen molar-refractivity contribution in [3.8, 4) is 0 Å². The van der Waals surface area contributed by atoms with E-state index in [2.05, 4.69) is 5.32 Å². The first-order valence-corrected chi connectivity index (χ1v) is 7.12. The first-order valence-electron chi connectivity index (χ1n) is 7.12. The highest BCUT2D eigenvalue weighted by Gasteiger charge is 2.02. The van der Waals surface area contributed by atoms with E-state index in [1.807, 2.05) is 0 Å². The SMILES string of the molecule is O=C1CCCCCCCCCCNCCC1. The van der Waals surface area contributed by atoms with Crippen LogP contribution in [0.5, 0.6) is 0 Å². The van der Waals surface area contributed by atoms with Crippen molar-refractivity contribution < 1.29 is 4.79 Å². The van der Waals surface area contributed by atoms with Crippen molar-refractivity contribution in [1.29, 1.82) is 0 Å². The summed E-state index contributed by atoms with van der Waals surface area (Å²) in [6, 6.07) is 0. The molecule has 0 aromatic heterocycles. The van der Waals surface area contributed by atoms with E-state index in [4.69, 9.17) is 0 Å². The number of hydrogen-bond acceptors (Lipinski definition) is 2. The van der Waals surface area contributed by atoms with Crippen LogP contribution < -0.4 is 5.32 Å². The van der Waals surface area contributed by atoms with Crippen LogP contribution in [0.4, 0.5) is 0 Å². The van der Waals surface area contributed by atoms with Gasteiger partial charge in [-0.2, -0.15) is 0 Å². The van der Waals surface area contributed by atoms with Crippen LogP contribution in [0.1, 0.15) is 70.6 Å². The Morgan fingerprint density at radius 2 is 1.12 bits per heavy atom. The standard InChI is InChI=1S/C14H27NO/c16-14-10-7-5-3-1-2-4-6-8-12-15-13-9-11-14/h15H,1-13H2. The Morgan fingerprint density at radius 1 is 0.625 bits per heavy atom. The summed E-state index contributed by atoms with van der Waals surface area (Å²) in [5.41, 5.74) is 0. The molecule has 0 amide bonds. The van der Waals surface area contributed by atoms with Crippen LogP contribution in [0.3, 0.4) is 0 Å². The molecule has 0 radical (unpaired) electrons. The lowest BCUT2D eigenvalue weighted by Crippen LogP contribution is -2.17. The second kappa shape index (κ2) is 9.83. The number of nitrogens with one attached hydrogen (secondary N) is 1. The predicted molar refractivity (Wildman–Crippen MR) is 68.7 cm³/mol. The summed E-state index contributed by atoms with van der Waals surface area (Å²) in [6.07, 6.45) is 13.1. The maximum atomic E-state index is 11.5. The topological polar surface area (TPSA) is 29.1 Å². The van der Waals surface area contributed by atoms with Crippen molar-refractivity contribution in [3.63, 3.8) is 0 Å². The van der Waals surface area contributed by atoms with Crippen molar-refractivity contribution >= 4 is 5.78 Å². The van der Waals surface area contributed by atoms with Gasteiger partial charge in [0, 0.05) is 12.8 Å². The van der Waals surface area contributed by atoms with Gasteiger partial charge in [-0.3, -0.25) is 4.79 Å². The van der Waals surface area contributed by atoms with Gasteiger partial charge in [0.05, 0.1) is 0 Å². The van der Waals surface area contributed by atoms with Crippen LogP contribution in [0.2, 0.25) is 0 Å². The van der Waals surface area contributed by atoms with Gasteiger partial charge in [-0.25, -0.2) is 0 Å². The molecule has 16 heavy (non-hydrogen) atoms. The molecule has 1 N–H and O–H groups in total. The smallest absolute Gasteiger partial charge is 0.132 e. The van der Waals surface area contributed by atoms with Crippen molar-refractivity contribution in [2.75, 3.05) is 13.1 Å². The third-order valence-electron chi connectivity index (χ3n) is 3.37. The first kappa shape index (κ1) is 13.7. The molecular weight excluding hydrogens is 198 g/mol. The molecule has 2 heteroatoms. The van der Waals surface area contributed by atoms with Crippen LogP contribution in [0, 0.1) is 0 Å². The van der Waals surface area contributed by atoms with Gasteiger partial charge < -0.3 is 5.32 Å². The number of ketones is 1. The summed E-state index contributed by atoms with van der Waals surface area (Å²) in [5, 5.41) is 3.42. The molecule has 0 aromatic rings. The van der Waals surface area contributed by atoms with Crippen molar-refractivity contribution in [1.82, 2.24) is 5.32 Å². The van der Waals surface area contributed by atoms with Crippen LogP contribution in [-0.4, -0.2) is 18.9 Å². The second-order valence-electron chi connectivity index (χ2n) is 4.97. The lowest BCUT2D eigenvalue weighted by atomic mass is 10.0. The summed E-state index contributed by atoms with van der Waals surface area (Å²) in [4.78, 5) is 11.5. The van der Waals surface area contributed by atoms with Gasteiger partial charge in [-0.05, 0) is 32.4 Å². The molecule has 0 bridgehead atoms. The molecule has 1 fully saturated rings. The fourth-order valence-electron chi connectivity index (χ4n) is 2.29. The Balaban J connectivity index is 2.13. The molecule has 1 rings (SSSR count). The van der Waals surface area contributed by atoms with E-state index < -0.39 is 0 Å². The Hall–Kier alpha value is -0.370. The molecular formula is C14H27NO. The molecule has 94 valence electrons. The molecule has 0 unspecified atom stereocenters. The maximum Gasteiger partial charge on any atom is 0.132 e. The van der Waals surface area contributed by atoms with E-state index in [1.165, 1.54) is 44.9 Å². The minimum atomic E-state index is 0.469. The Kier molecular flexibility index (Phi) is 8.41. The normalized spacial score (nSPS) is 23.4. The molecule has 0 aromatic carbocycles. The highest BCUT2D eigenvalue weighted by atomic mass is 16.1. The number of rotatable bonds is 0. The van der Waals surface area contributed by atoms with E-state index >= 15 is 0 Å². The summed E-state index contributed by atoms with van der Waals surface area (Å²) in [7, 11) is 0. The Morgan fingerprint density at radius 3 is 1.88 bits per heavy atom. The van der Waals surface area contributed by atoms with E-state index in [0.29, 0.717) is 5.78 Å². The van der Waals surface area contributed by atoms with Crippen LogP contribution >= 0.6 is 0 Å². The molecule has 1 saturated heterocycles. The Bertz CT molecular complexity index is 162. The first-order chi connectivity index (χ1) is 7.89. The number of carbonyl (C=O) groups excluding carboxylic acids is 1. The van der Waals surface area contributed by atoms with E-state index in [-0.39, 0.29) is 0 Å². The number of carbonyl (C=O) groups is 1. The fraction of sp³-hybridized carbons (Fsp3) is 0.929. The van der Waals surface area contributed by atoms with Crippen molar-refractivity contribution in [2.45, 2.75) is 70.6 Å². The van der Waals surface area contributed by atoms with Gasteiger partial charge in [-0.1, -0.05) is 38.5 Å². The molecule has 1 heterocycles. The molecule has 0 saturated carbocycles. The average Bonchev–Trinajstić information content (AvgIpc) is 2.29. The lowest BCUT2D eigenvalue weighted by molar-refractivity contribution is -0.119. The van der Waals surface area contributed by atoms with E-state index in [9.17, 15) is 4.79 Å². The minimum absolute atomic E-state index is 0.469. The minimum Gasteiger partial charge on any atom is -0.317 e. The van der Waals surface area contributed by atoms with Crippen LogP contribution in [-0.2, 0) is 4.79 Å². The Labute approximate surface area is 100 Å². The van der Waals surface area contributed by atoms with Gasteiger partial charge in [0.15, 0.2) is 0 Å². The maximum absolute atomic E-state index is 11.5. The number of hydrogen-bond donors (Lipinski definition) is 1. The highest BCUT2D eigenvalue weighted by molar-refractivity contribution is 5.78. The average molecular weight is 225 g/mol. The third-order valence-corrected chi connectivity index (χ3v) is 3.37.